The number of nitrogens with zero attached hydrogens (tertiary/aromatic N) is 1. The Morgan fingerprint density at radius 1 is 1.39 bits per heavy atom. The van der Waals surface area contributed by atoms with Crippen molar-refractivity contribution < 1.29 is 9.50 Å². The van der Waals surface area contributed by atoms with Crippen LogP contribution >= 0.6 is 15.9 Å². The van der Waals surface area contributed by atoms with E-state index in [-0.39, 0.29) is 18.5 Å². The third kappa shape index (κ3) is 3.29. The highest BCUT2D eigenvalue weighted by Crippen LogP contribution is 2.25. The van der Waals surface area contributed by atoms with Crippen LogP contribution in [0.3, 0.4) is 0 Å². The second-order valence-corrected chi connectivity index (χ2v) is 5.37. The number of aliphatic hydroxyl groups is 1. The Kier molecular flexibility index (Phi) is 5.12. The Balaban J connectivity index is 2.17. The van der Waals surface area contributed by atoms with Gasteiger partial charge in [-0.3, -0.25) is 4.90 Å². The molecule has 1 heterocycles. The lowest BCUT2D eigenvalue weighted by Crippen LogP contribution is -2.34. The van der Waals surface area contributed by atoms with Gasteiger partial charge < -0.3 is 10.4 Å². The highest BCUT2D eigenvalue weighted by Gasteiger charge is 2.21. The normalized spacial score (nSPS) is 19.5. The molecule has 0 saturated carbocycles. The van der Waals surface area contributed by atoms with Gasteiger partial charge in [-0.2, -0.15) is 0 Å². The van der Waals surface area contributed by atoms with Crippen LogP contribution in [0.25, 0.3) is 0 Å². The van der Waals surface area contributed by atoms with Gasteiger partial charge in [0.2, 0.25) is 0 Å². The zero-order chi connectivity index (χ0) is 13.0. The van der Waals surface area contributed by atoms with Crippen LogP contribution in [0.15, 0.2) is 22.7 Å². The topological polar surface area (TPSA) is 35.5 Å². The summed E-state index contributed by atoms with van der Waals surface area (Å²) in [6.45, 7) is 3.85. The zero-order valence-electron chi connectivity index (χ0n) is 10.2. The fourth-order valence-corrected chi connectivity index (χ4v) is 2.73. The number of benzene rings is 1. The van der Waals surface area contributed by atoms with Crippen LogP contribution < -0.4 is 5.32 Å². The van der Waals surface area contributed by atoms with Crippen molar-refractivity contribution in [3.63, 3.8) is 0 Å². The summed E-state index contributed by atoms with van der Waals surface area (Å²) in [5.41, 5.74) is 0.952. The molecule has 0 spiro atoms. The van der Waals surface area contributed by atoms with Gasteiger partial charge in [-0.1, -0.05) is 6.07 Å². The summed E-state index contributed by atoms with van der Waals surface area (Å²) in [5.74, 6) is -0.270. The fourth-order valence-electron chi connectivity index (χ4n) is 2.33. The molecule has 0 aromatic heterocycles. The molecular weight excluding hydrogens is 299 g/mol. The van der Waals surface area contributed by atoms with E-state index >= 15 is 0 Å². The second-order valence-electron chi connectivity index (χ2n) is 4.51. The van der Waals surface area contributed by atoms with Crippen molar-refractivity contribution in [3.8, 4) is 0 Å². The summed E-state index contributed by atoms with van der Waals surface area (Å²) in [4.78, 5) is 2.25. The van der Waals surface area contributed by atoms with Gasteiger partial charge in [-0.05, 0) is 46.6 Å². The van der Waals surface area contributed by atoms with Crippen LogP contribution in [-0.4, -0.2) is 42.8 Å². The molecule has 0 aliphatic carbocycles. The lowest BCUT2D eigenvalue weighted by atomic mass is 10.1. The quantitative estimate of drug-likeness (QED) is 0.894. The molecule has 3 nitrogen and oxygen atoms in total. The Morgan fingerprint density at radius 2 is 2.22 bits per heavy atom. The molecular formula is C13H18BrFN2O. The van der Waals surface area contributed by atoms with E-state index in [1.54, 1.807) is 12.1 Å². The molecule has 1 aromatic carbocycles. The van der Waals surface area contributed by atoms with Crippen LogP contribution in [0.5, 0.6) is 0 Å². The van der Waals surface area contributed by atoms with Gasteiger partial charge in [0.25, 0.3) is 0 Å². The summed E-state index contributed by atoms with van der Waals surface area (Å²) >= 11 is 3.20. The summed E-state index contributed by atoms with van der Waals surface area (Å²) < 4.78 is 13.7. The smallest absolute Gasteiger partial charge is 0.137 e. The number of hydrogen-bond acceptors (Lipinski definition) is 3. The Hall–Kier alpha value is -0.490. The lowest BCUT2D eigenvalue weighted by Gasteiger charge is -2.29. The van der Waals surface area contributed by atoms with Crippen LogP contribution in [-0.2, 0) is 0 Å². The molecule has 0 amide bonds. The predicted octanol–water partition coefficient (Wildman–Crippen LogP) is 1.92. The summed E-state index contributed by atoms with van der Waals surface area (Å²) in [5, 5.41) is 12.9. The summed E-state index contributed by atoms with van der Waals surface area (Å²) in [6, 6.07) is 4.90. The zero-order valence-corrected chi connectivity index (χ0v) is 11.8. The highest BCUT2D eigenvalue weighted by molar-refractivity contribution is 9.10. The van der Waals surface area contributed by atoms with Crippen molar-refractivity contribution in [1.29, 1.82) is 0 Å². The van der Waals surface area contributed by atoms with E-state index < -0.39 is 0 Å². The van der Waals surface area contributed by atoms with Crippen molar-refractivity contribution in [2.24, 2.45) is 0 Å². The Bertz CT molecular complexity index is 395. The number of hydrogen-bond donors (Lipinski definition) is 2. The van der Waals surface area contributed by atoms with Gasteiger partial charge in [0.1, 0.15) is 5.82 Å². The van der Waals surface area contributed by atoms with Crippen LogP contribution in [0.1, 0.15) is 18.0 Å². The average Bonchev–Trinajstić information content (AvgIpc) is 2.64. The monoisotopic (exact) mass is 316 g/mol. The molecule has 1 aliphatic heterocycles. The maximum atomic E-state index is 13.2. The first-order valence-corrected chi connectivity index (χ1v) is 7.02. The third-order valence-corrected chi connectivity index (χ3v) is 3.92. The van der Waals surface area contributed by atoms with Gasteiger partial charge in [-0.25, -0.2) is 4.39 Å². The number of rotatable bonds is 3. The van der Waals surface area contributed by atoms with Crippen LogP contribution in [0, 0.1) is 5.82 Å². The maximum absolute atomic E-state index is 13.2. The molecule has 0 radical (unpaired) electrons. The van der Waals surface area contributed by atoms with E-state index in [0.29, 0.717) is 4.47 Å². The number of halogens is 2. The highest BCUT2D eigenvalue weighted by atomic mass is 79.9. The van der Waals surface area contributed by atoms with Gasteiger partial charge in [0.05, 0.1) is 17.1 Å². The largest absolute Gasteiger partial charge is 0.394 e. The lowest BCUT2D eigenvalue weighted by molar-refractivity contribution is 0.129. The SMILES string of the molecule is OCC(c1ccc(F)c(Br)c1)N1CCCNCC1. The standard InChI is InChI=1S/C13H18BrFN2O/c14-11-8-10(2-3-12(11)15)13(9-18)17-6-1-4-16-5-7-17/h2-3,8,13,16,18H,1,4-7,9H2. The minimum absolute atomic E-state index is 0.0536. The van der Waals surface area contributed by atoms with Gasteiger partial charge >= 0.3 is 0 Å². The molecule has 1 fully saturated rings. The maximum Gasteiger partial charge on any atom is 0.137 e. The minimum Gasteiger partial charge on any atom is -0.394 e. The molecule has 1 aromatic rings. The van der Waals surface area contributed by atoms with E-state index in [0.717, 1.165) is 38.2 Å². The number of aliphatic hydroxyl groups excluding tert-OH is 1. The molecule has 1 unspecified atom stereocenters. The molecule has 1 aliphatic rings. The molecule has 2 rings (SSSR count). The molecule has 100 valence electrons. The van der Waals surface area contributed by atoms with Crippen LogP contribution in [0.4, 0.5) is 4.39 Å². The van der Waals surface area contributed by atoms with Crippen molar-refractivity contribution in [2.75, 3.05) is 32.8 Å². The minimum atomic E-state index is -0.270. The van der Waals surface area contributed by atoms with Crippen LogP contribution in [0.2, 0.25) is 0 Å². The third-order valence-electron chi connectivity index (χ3n) is 3.32. The van der Waals surface area contributed by atoms with Crippen molar-refractivity contribution in [3.05, 3.63) is 34.1 Å². The van der Waals surface area contributed by atoms with Crippen molar-refractivity contribution >= 4 is 15.9 Å². The van der Waals surface area contributed by atoms with Crippen molar-refractivity contribution in [2.45, 2.75) is 12.5 Å². The molecule has 1 atom stereocenters. The first-order valence-electron chi connectivity index (χ1n) is 6.23. The second kappa shape index (κ2) is 6.61. The fraction of sp³-hybridized carbons (Fsp3) is 0.538. The van der Waals surface area contributed by atoms with E-state index in [1.807, 2.05) is 0 Å². The Morgan fingerprint density at radius 3 is 2.94 bits per heavy atom. The molecule has 2 N–H and O–H groups in total. The van der Waals surface area contributed by atoms with Gasteiger partial charge in [0.15, 0.2) is 0 Å². The van der Waals surface area contributed by atoms with Crippen molar-refractivity contribution in [1.82, 2.24) is 10.2 Å². The summed E-state index contributed by atoms with van der Waals surface area (Å²) in [6.07, 6.45) is 1.07. The van der Waals surface area contributed by atoms with E-state index in [1.165, 1.54) is 6.07 Å². The molecule has 1 saturated heterocycles. The first kappa shape index (κ1) is 13.9. The van der Waals surface area contributed by atoms with E-state index in [2.05, 4.69) is 26.1 Å². The molecule has 0 bridgehead atoms. The predicted molar refractivity (Wildman–Crippen MR) is 73.0 cm³/mol. The van der Waals surface area contributed by atoms with Gasteiger partial charge in [-0.15, -0.1) is 0 Å². The molecule has 18 heavy (non-hydrogen) atoms. The van der Waals surface area contributed by atoms with E-state index in [4.69, 9.17) is 0 Å². The van der Waals surface area contributed by atoms with E-state index in [9.17, 15) is 9.50 Å². The number of nitrogens with one attached hydrogen (secondary N) is 1. The first-order chi connectivity index (χ1) is 8.72. The van der Waals surface area contributed by atoms with Gasteiger partial charge in [0, 0.05) is 19.6 Å². The molecule has 5 heteroatoms. The Labute approximate surface area is 115 Å². The summed E-state index contributed by atoms with van der Waals surface area (Å²) in [7, 11) is 0. The average molecular weight is 317 g/mol.